The molecule has 0 spiro atoms. The van der Waals surface area contributed by atoms with Crippen molar-refractivity contribution in [1.29, 1.82) is 0 Å². The van der Waals surface area contributed by atoms with Gasteiger partial charge in [-0.1, -0.05) is 36.4 Å². The Morgan fingerprint density at radius 1 is 0.885 bits per heavy atom. The molecular weight excluding hydrogens is 743 g/mol. The first-order valence-corrected chi connectivity index (χ1v) is 19.8. The van der Waals surface area contributed by atoms with Gasteiger partial charge in [0.25, 0.3) is 20.1 Å². The maximum Gasteiger partial charge on any atom is 0.383 e. The second-order valence-electron chi connectivity index (χ2n) is 11.8. The summed E-state index contributed by atoms with van der Waals surface area (Å²) in [5.41, 5.74) is 13.6. The summed E-state index contributed by atoms with van der Waals surface area (Å²) in [6.07, 6.45) is 2.02. The van der Waals surface area contributed by atoms with Crippen molar-refractivity contribution in [1.82, 2.24) is 10.0 Å². The van der Waals surface area contributed by atoms with Crippen molar-refractivity contribution >= 4 is 81.0 Å². The lowest BCUT2D eigenvalue weighted by atomic mass is 9.68. The summed E-state index contributed by atoms with van der Waals surface area (Å²) in [6, 6.07) is 13.2. The maximum absolute atomic E-state index is 14.4. The minimum absolute atomic E-state index is 0.0364. The van der Waals surface area contributed by atoms with Crippen LogP contribution >= 0.6 is 0 Å². The Bertz CT molecular complexity index is 2520. The Balaban J connectivity index is 1.94. The maximum atomic E-state index is 14.4. The number of carbonyl (C=O) groups is 2. The SMILES string of the molecule is NCCNC(=O)C1(c2c3ccc(N)c(S(=O)(=O)[O-])c3[o+]c3c(S(=O)(=O)NCCCS(=O)(=O)O)c(N)ccc23)C=C(C(=O)O)C(c2ccccc2)=CC1. The van der Waals surface area contributed by atoms with Gasteiger partial charge in [0.05, 0.1) is 38.9 Å². The van der Waals surface area contributed by atoms with Crippen LogP contribution in [0.3, 0.4) is 0 Å². The Hall–Kier alpha value is -4.96. The van der Waals surface area contributed by atoms with E-state index in [1.165, 1.54) is 18.2 Å². The fourth-order valence-corrected chi connectivity index (χ4v) is 8.74. The van der Waals surface area contributed by atoms with Crippen molar-refractivity contribution < 1.29 is 53.5 Å². The largest absolute Gasteiger partial charge is 0.744 e. The Kier molecular flexibility index (Phi) is 10.5. The Morgan fingerprint density at radius 3 is 2.04 bits per heavy atom. The zero-order valence-electron chi connectivity index (χ0n) is 27.0. The van der Waals surface area contributed by atoms with Gasteiger partial charge in [-0.05, 0) is 54.3 Å². The minimum Gasteiger partial charge on any atom is -0.744 e. The average molecular weight is 776 g/mol. The van der Waals surface area contributed by atoms with Gasteiger partial charge in [0, 0.05) is 25.2 Å². The van der Waals surface area contributed by atoms with Gasteiger partial charge >= 0.3 is 17.1 Å². The number of sulfonamides is 1. The third kappa shape index (κ3) is 7.35. The van der Waals surface area contributed by atoms with E-state index in [0.29, 0.717) is 5.56 Å². The monoisotopic (exact) mass is 775 g/mol. The molecule has 1 heterocycles. The van der Waals surface area contributed by atoms with Gasteiger partial charge in [-0.25, -0.2) is 30.8 Å². The zero-order valence-corrected chi connectivity index (χ0v) is 29.5. The predicted octanol–water partition coefficient (Wildman–Crippen LogP) is 1.30. The smallest absolute Gasteiger partial charge is 0.383 e. The molecule has 17 nitrogen and oxygen atoms in total. The lowest BCUT2D eigenvalue weighted by Crippen LogP contribution is -2.46. The van der Waals surface area contributed by atoms with E-state index in [0.717, 1.165) is 18.2 Å². The average Bonchev–Trinajstić information content (AvgIpc) is 3.06. The summed E-state index contributed by atoms with van der Waals surface area (Å²) in [7, 11) is -14.7. The highest BCUT2D eigenvalue weighted by Crippen LogP contribution is 2.48. The fraction of sp³-hybridized carbons (Fsp3) is 0.219. The second kappa shape index (κ2) is 14.2. The number of allylic oxidation sites excluding steroid dienone is 1. The van der Waals surface area contributed by atoms with Gasteiger partial charge < -0.3 is 32.2 Å². The van der Waals surface area contributed by atoms with Crippen LogP contribution in [-0.4, -0.2) is 76.7 Å². The summed E-state index contributed by atoms with van der Waals surface area (Å²) < 4.78 is 105. The van der Waals surface area contributed by atoms with Gasteiger partial charge in [-0.3, -0.25) is 9.35 Å². The highest BCUT2D eigenvalue weighted by atomic mass is 32.2. The van der Waals surface area contributed by atoms with E-state index in [-0.39, 0.29) is 53.4 Å². The number of fused-ring (bicyclic) bond motifs is 2. The number of rotatable bonds is 13. The van der Waals surface area contributed by atoms with E-state index in [9.17, 15) is 44.5 Å². The predicted molar refractivity (Wildman–Crippen MR) is 190 cm³/mol. The number of anilines is 2. The van der Waals surface area contributed by atoms with Crippen molar-refractivity contribution in [3.8, 4) is 0 Å². The van der Waals surface area contributed by atoms with Crippen LogP contribution in [0.2, 0.25) is 0 Å². The minimum atomic E-state index is -5.47. The molecule has 3 aromatic carbocycles. The lowest BCUT2D eigenvalue weighted by molar-refractivity contribution is -0.132. The molecule has 4 aromatic rings. The summed E-state index contributed by atoms with van der Waals surface area (Å²) in [6.45, 7) is -0.646. The summed E-state index contributed by atoms with van der Waals surface area (Å²) >= 11 is 0. The number of nitrogen functional groups attached to an aromatic ring is 2. The van der Waals surface area contributed by atoms with E-state index in [2.05, 4.69) is 10.0 Å². The molecule has 52 heavy (non-hydrogen) atoms. The van der Waals surface area contributed by atoms with Crippen molar-refractivity contribution in [2.75, 3.05) is 36.9 Å². The molecule has 0 aliphatic heterocycles. The van der Waals surface area contributed by atoms with Crippen molar-refractivity contribution in [2.45, 2.75) is 28.0 Å². The molecule has 0 radical (unpaired) electrons. The highest BCUT2D eigenvalue weighted by Gasteiger charge is 2.47. The van der Waals surface area contributed by atoms with Crippen LogP contribution in [0.4, 0.5) is 11.4 Å². The molecule has 0 fully saturated rings. The van der Waals surface area contributed by atoms with Crippen LogP contribution in [0, 0.1) is 0 Å². The van der Waals surface area contributed by atoms with Crippen LogP contribution in [0.1, 0.15) is 24.0 Å². The zero-order chi connectivity index (χ0) is 38.2. The molecule has 1 amide bonds. The first-order valence-electron chi connectivity index (χ1n) is 15.3. The van der Waals surface area contributed by atoms with Crippen LogP contribution in [0.15, 0.2) is 86.5 Å². The number of hydrogen-bond acceptors (Lipinski definition) is 12. The fourth-order valence-electron chi connectivity index (χ4n) is 6.16. The molecule has 1 aromatic heterocycles. The third-order valence-electron chi connectivity index (χ3n) is 8.32. The second-order valence-corrected chi connectivity index (χ2v) is 16.3. The number of carbonyl (C=O) groups excluding carboxylic acids is 1. The van der Waals surface area contributed by atoms with E-state index < -0.39 is 92.2 Å². The van der Waals surface area contributed by atoms with Crippen molar-refractivity contribution in [3.63, 3.8) is 0 Å². The highest BCUT2D eigenvalue weighted by molar-refractivity contribution is 7.90. The van der Waals surface area contributed by atoms with Crippen LogP contribution in [-0.2, 0) is 45.3 Å². The topological polar surface area (TPSA) is 314 Å². The van der Waals surface area contributed by atoms with Gasteiger partial charge in [-0.15, -0.1) is 0 Å². The van der Waals surface area contributed by atoms with Crippen molar-refractivity contribution in [3.05, 3.63) is 83.4 Å². The Labute approximate surface area is 297 Å². The first-order chi connectivity index (χ1) is 24.3. The molecule has 10 N–H and O–H groups in total. The van der Waals surface area contributed by atoms with E-state index >= 15 is 0 Å². The number of hydrogen-bond donors (Lipinski definition) is 7. The number of amides is 1. The lowest BCUT2D eigenvalue weighted by Gasteiger charge is -2.34. The molecule has 0 saturated heterocycles. The summed E-state index contributed by atoms with van der Waals surface area (Å²) in [4.78, 5) is 25.5. The molecular formula is C32H33N5O12S3. The van der Waals surface area contributed by atoms with Gasteiger partial charge in [0.2, 0.25) is 10.8 Å². The summed E-state index contributed by atoms with van der Waals surface area (Å²) in [5, 5.41) is 12.8. The molecule has 276 valence electrons. The third-order valence-corrected chi connectivity index (χ3v) is 11.6. The normalized spacial score (nSPS) is 16.8. The number of aliphatic carboxylic acids is 1. The summed E-state index contributed by atoms with van der Waals surface area (Å²) in [5.74, 6) is -3.04. The van der Waals surface area contributed by atoms with Gasteiger partial charge in [-0.2, -0.15) is 8.42 Å². The Morgan fingerprint density at radius 2 is 1.48 bits per heavy atom. The van der Waals surface area contributed by atoms with E-state index in [1.807, 2.05) is 0 Å². The molecule has 0 bridgehead atoms. The molecule has 1 atom stereocenters. The molecule has 1 aliphatic carbocycles. The quantitative estimate of drug-likeness (QED) is 0.0331. The number of nitrogens with one attached hydrogen (secondary N) is 2. The van der Waals surface area contributed by atoms with Crippen molar-refractivity contribution in [2.24, 2.45) is 5.73 Å². The number of carboxylic acids is 1. The first kappa shape index (κ1) is 38.3. The van der Waals surface area contributed by atoms with E-state index in [4.69, 9.17) is 26.2 Å². The van der Waals surface area contributed by atoms with Crippen LogP contribution < -0.4 is 27.2 Å². The molecule has 20 heteroatoms. The van der Waals surface area contributed by atoms with Gasteiger partial charge in [0.1, 0.15) is 10.1 Å². The molecule has 1 unspecified atom stereocenters. The van der Waals surface area contributed by atoms with Gasteiger partial charge in [0.15, 0.2) is 4.90 Å². The van der Waals surface area contributed by atoms with Crippen LogP contribution in [0.5, 0.6) is 0 Å². The van der Waals surface area contributed by atoms with Crippen LogP contribution in [0.25, 0.3) is 27.5 Å². The molecule has 5 rings (SSSR count). The van der Waals surface area contributed by atoms with E-state index in [1.54, 1.807) is 30.3 Å². The number of nitrogens with two attached hydrogens (primary N) is 3. The standard InChI is InChI=1S/C32H33N5O12S3/c33-13-15-36-31(40)32(12-11-19(22(17-32)30(38)39)18-5-2-1-3-6-18)25-20-7-9-23(34)28(51(44,45)37-14-4-16-50(41,42)43)26(20)49-27-21(25)8-10-24(35)29(27)52(46,47)48/h1-3,5-11,17,37H,4,12-16,33-35H2,(H3-,36,38,39,40,41,42,43,46,47,48). The number of benzene rings is 3. The molecule has 1 aliphatic rings. The number of carboxylic acid groups (broad SMARTS) is 1. The molecule has 0 saturated carbocycles.